The maximum absolute atomic E-state index is 11.1. The third-order valence-corrected chi connectivity index (χ3v) is 7.00. The second-order valence-corrected chi connectivity index (χ2v) is 9.80. The van der Waals surface area contributed by atoms with Gasteiger partial charge in [0.25, 0.3) is 0 Å². The molecule has 1 aliphatic carbocycles. The van der Waals surface area contributed by atoms with E-state index >= 15 is 0 Å². The summed E-state index contributed by atoms with van der Waals surface area (Å²) in [5.41, 5.74) is 4.27. The summed E-state index contributed by atoms with van der Waals surface area (Å²) >= 11 is 7.90. The fraction of sp³-hybridized carbons (Fsp3) is 0.333. The summed E-state index contributed by atoms with van der Waals surface area (Å²) in [6, 6.07) is 16.7. The molecule has 2 aliphatic rings. The lowest BCUT2D eigenvalue weighted by Crippen LogP contribution is -2.35. The van der Waals surface area contributed by atoms with Crippen molar-refractivity contribution in [1.82, 2.24) is 5.32 Å². The van der Waals surface area contributed by atoms with Gasteiger partial charge in [-0.15, -0.1) is 6.58 Å². The molecule has 1 saturated carbocycles. The number of hydrogen-bond donors (Lipinski definition) is 1. The molecule has 5 heteroatoms. The second-order valence-electron chi connectivity index (χ2n) is 8.11. The molecule has 0 unspecified atom stereocenters. The van der Waals surface area contributed by atoms with E-state index < -0.39 is 0 Å². The molecular weight excluding hydrogens is 436 g/mol. The van der Waals surface area contributed by atoms with Gasteiger partial charge in [-0.3, -0.25) is 9.79 Å². The van der Waals surface area contributed by atoms with Crippen LogP contribution in [0.3, 0.4) is 0 Å². The first-order chi connectivity index (χ1) is 15.5. The number of fused-ring (bicyclic) bond motifs is 1. The second kappa shape index (κ2) is 12.1. The Morgan fingerprint density at radius 3 is 2.62 bits per heavy atom. The van der Waals surface area contributed by atoms with Gasteiger partial charge < -0.3 is 5.32 Å². The Labute approximate surface area is 201 Å². The van der Waals surface area contributed by atoms with Gasteiger partial charge in [0.05, 0.1) is 5.71 Å². The van der Waals surface area contributed by atoms with E-state index in [0.717, 1.165) is 40.4 Å². The van der Waals surface area contributed by atoms with Crippen molar-refractivity contribution in [2.24, 2.45) is 4.99 Å². The molecule has 1 amide bonds. The zero-order valence-corrected chi connectivity index (χ0v) is 20.4. The number of amides is 1. The SMILES string of the molecule is C=CCC(=O)NC1CCCCC1.CC1=C(C)Sc2ccccc2C(c2cccc(Cl)c2)=N1. The zero-order valence-electron chi connectivity index (χ0n) is 18.9. The first-order valence-corrected chi connectivity index (χ1v) is 12.4. The van der Waals surface area contributed by atoms with E-state index in [-0.39, 0.29) is 5.91 Å². The number of carbonyl (C=O) groups is 1. The van der Waals surface area contributed by atoms with Crippen LogP contribution in [-0.2, 0) is 4.79 Å². The molecule has 1 N–H and O–H groups in total. The first-order valence-electron chi connectivity index (χ1n) is 11.2. The molecule has 2 aromatic carbocycles. The topological polar surface area (TPSA) is 41.5 Å². The van der Waals surface area contributed by atoms with E-state index in [2.05, 4.69) is 56.1 Å². The van der Waals surface area contributed by atoms with Gasteiger partial charge >= 0.3 is 0 Å². The molecule has 32 heavy (non-hydrogen) atoms. The first kappa shape index (κ1) is 24.3. The van der Waals surface area contributed by atoms with Gasteiger partial charge in [-0.2, -0.15) is 0 Å². The van der Waals surface area contributed by atoms with Crippen LogP contribution in [0.25, 0.3) is 0 Å². The van der Waals surface area contributed by atoms with Crippen LogP contribution < -0.4 is 5.32 Å². The Bertz CT molecular complexity index is 1020. The standard InChI is InChI=1S/C17H14ClNS.C10H17NO/c1-11-12(2)20-16-9-4-3-8-15(16)17(19-11)13-6-5-7-14(18)10-13;1-2-6-10(12)11-9-7-4-3-5-8-9/h3-10H,1-2H3;2,9H,1,3-8H2,(H,11,12). The average molecular weight is 467 g/mol. The molecule has 0 aromatic heterocycles. The maximum atomic E-state index is 11.1. The third-order valence-electron chi connectivity index (χ3n) is 5.59. The van der Waals surface area contributed by atoms with Crippen LogP contribution in [0.4, 0.5) is 0 Å². The smallest absolute Gasteiger partial charge is 0.224 e. The van der Waals surface area contributed by atoms with Crippen LogP contribution in [0.5, 0.6) is 0 Å². The number of rotatable bonds is 4. The molecule has 0 bridgehead atoms. The monoisotopic (exact) mass is 466 g/mol. The quantitative estimate of drug-likeness (QED) is 0.472. The predicted octanol–water partition coefficient (Wildman–Crippen LogP) is 7.55. The molecule has 4 rings (SSSR count). The van der Waals surface area contributed by atoms with E-state index in [1.165, 1.54) is 29.1 Å². The molecule has 0 saturated heterocycles. The van der Waals surface area contributed by atoms with Gasteiger partial charge in [0.1, 0.15) is 0 Å². The maximum Gasteiger partial charge on any atom is 0.224 e. The Morgan fingerprint density at radius 2 is 1.91 bits per heavy atom. The van der Waals surface area contributed by atoms with Gasteiger partial charge in [-0.1, -0.05) is 79.0 Å². The Hall–Kier alpha value is -2.30. The van der Waals surface area contributed by atoms with Crippen LogP contribution in [0.15, 0.2) is 81.7 Å². The Morgan fingerprint density at radius 1 is 1.16 bits per heavy atom. The summed E-state index contributed by atoms with van der Waals surface area (Å²) in [7, 11) is 0. The largest absolute Gasteiger partial charge is 0.353 e. The fourth-order valence-corrected chi connectivity index (χ4v) is 4.95. The number of benzene rings is 2. The van der Waals surface area contributed by atoms with Crippen molar-refractivity contribution in [1.29, 1.82) is 0 Å². The van der Waals surface area contributed by atoms with E-state index in [4.69, 9.17) is 16.6 Å². The van der Waals surface area contributed by atoms with E-state index in [1.807, 2.05) is 18.2 Å². The summed E-state index contributed by atoms with van der Waals surface area (Å²) in [5, 5.41) is 3.74. The number of thioether (sulfide) groups is 1. The van der Waals surface area contributed by atoms with Gasteiger partial charge in [0.2, 0.25) is 5.91 Å². The van der Waals surface area contributed by atoms with Crippen molar-refractivity contribution in [2.75, 3.05) is 0 Å². The fourth-order valence-electron chi connectivity index (χ4n) is 3.82. The number of hydrogen-bond acceptors (Lipinski definition) is 3. The highest BCUT2D eigenvalue weighted by Gasteiger charge is 2.17. The average Bonchev–Trinajstić information content (AvgIpc) is 2.91. The summed E-state index contributed by atoms with van der Waals surface area (Å²) in [6.07, 6.45) is 8.27. The summed E-state index contributed by atoms with van der Waals surface area (Å²) in [4.78, 5) is 18.4. The molecule has 168 valence electrons. The van der Waals surface area contributed by atoms with Crippen LogP contribution in [0.2, 0.25) is 5.02 Å². The number of nitrogens with one attached hydrogen (secondary N) is 1. The van der Waals surface area contributed by atoms with Crippen molar-refractivity contribution in [3.8, 4) is 0 Å². The Kier molecular flexibility index (Phi) is 9.19. The molecule has 3 nitrogen and oxygen atoms in total. The van der Waals surface area contributed by atoms with E-state index in [1.54, 1.807) is 17.8 Å². The molecule has 2 aromatic rings. The highest BCUT2D eigenvalue weighted by Crippen LogP contribution is 2.36. The van der Waals surface area contributed by atoms with Crippen LogP contribution in [-0.4, -0.2) is 17.7 Å². The van der Waals surface area contributed by atoms with Crippen molar-refractivity contribution in [3.05, 3.63) is 87.9 Å². The highest BCUT2D eigenvalue weighted by molar-refractivity contribution is 8.03. The van der Waals surface area contributed by atoms with E-state index in [9.17, 15) is 4.79 Å². The zero-order chi connectivity index (χ0) is 22.9. The number of carbonyl (C=O) groups excluding carboxylic acids is 1. The lowest BCUT2D eigenvalue weighted by atomic mass is 9.95. The number of halogens is 1. The van der Waals surface area contributed by atoms with Crippen LogP contribution in [0.1, 0.15) is 63.5 Å². The molecular formula is C27H31ClN2OS. The van der Waals surface area contributed by atoms with Crippen molar-refractivity contribution in [3.63, 3.8) is 0 Å². The van der Waals surface area contributed by atoms with E-state index in [0.29, 0.717) is 12.5 Å². The van der Waals surface area contributed by atoms with Crippen molar-refractivity contribution in [2.45, 2.75) is 63.3 Å². The third kappa shape index (κ3) is 6.85. The minimum atomic E-state index is 0.122. The highest BCUT2D eigenvalue weighted by atomic mass is 35.5. The van der Waals surface area contributed by atoms with Crippen LogP contribution in [0, 0.1) is 0 Å². The molecule has 1 aliphatic heterocycles. The lowest BCUT2D eigenvalue weighted by Gasteiger charge is -2.22. The minimum Gasteiger partial charge on any atom is -0.353 e. The summed E-state index contributed by atoms with van der Waals surface area (Å²) < 4.78 is 0. The van der Waals surface area contributed by atoms with Gasteiger partial charge in [-0.25, -0.2) is 0 Å². The molecule has 0 atom stereocenters. The Balaban J connectivity index is 0.000000207. The minimum absolute atomic E-state index is 0.122. The molecule has 1 heterocycles. The van der Waals surface area contributed by atoms with Gasteiger partial charge in [0.15, 0.2) is 0 Å². The molecule has 0 spiro atoms. The molecule has 1 fully saturated rings. The number of allylic oxidation sites excluding steroid dienone is 2. The van der Waals surface area contributed by atoms with Gasteiger partial charge in [-0.05, 0) is 44.9 Å². The number of nitrogens with zero attached hydrogens (tertiary/aromatic N) is 1. The summed E-state index contributed by atoms with van der Waals surface area (Å²) in [5.74, 6) is 0.122. The normalized spacial score (nSPS) is 16.2. The van der Waals surface area contributed by atoms with Gasteiger partial charge in [0, 0.05) is 44.1 Å². The summed E-state index contributed by atoms with van der Waals surface area (Å²) in [6.45, 7) is 7.70. The predicted molar refractivity (Wildman–Crippen MR) is 138 cm³/mol. The van der Waals surface area contributed by atoms with Crippen LogP contribution >= 0.6 is 23.4 Å². The lowest BCUT2D eigenvalue weighted by molar-refractivity contribution is -0.121. The number of aliphatic imine (C=N–C) groups is 1. The van der Waals surface area contributed by atoms with Crippen molar-refractivity contribution >= 4 is 35.0 Å². The van der Waals surface area contributed by atoms with Crippen molar-refractivity contribution < 1.29 is 4.79 Å². The molecule has 0 radical (unpaired) electrons.